The van der Waals surface area contributed by atoms with Crippen molar-refractivity contribution < 1.29 is 9.21 Å². The molecule has 1 atom stereocenters. The Balaban J connectivity index is 1.57. The summed E-state index contributed by atoms with van der Waals surface area (Å²) in [5.41, 5.74) is 0.893. The summed E-state index contributed by atoms with van der Waals surface area (Å²) in [6.07, 6.45) is 6.11. The second kappa shape index (κ2) is 7.84. The van der Waals surface area contributed by atoms with Gasteiger partial charge in [-0.3, -0.25) is 10.1 Å². The number of carbonyl (C=O) groups is 1. The lowest BCUT2D eigenvalue weighted by Crippen LogP contribution is -2.45. The first kappa shape index (κ1) is 17.0. The lowest BCUT2D eigenvalue weighted by atomic mass is 9.94. The van der Waals surface area contributed by atoms with E-state index in [9.17, 15) is 4.79 Å². The molecule has 2 aromatic rings. The van der Waals surface area contributed by atoms with Crippen LogP contribution in [-0.2, 0) is 4.79 Å². The lowest BCUT2D eigenvalue weighted by Gasteiger charge is -2.34. The summed E-state index contributed by atoms with van der Waals surface area (Å²) in [5.74, 6) is 1.08. The van der Waals surface area contributed by atoms with Crippen molar-refractivity contribution >= 4 is 16.9 Å². The summed E-state index contributed by atoms with van der Waals surface area (Å²) in [5, 5.41) is 4.43. The van der Waals surface area contributed by atoms with Crippen molar-refractivity contribution in [2.75, 3.05) is 13.1 Å². The van der Waals surface area contributed by atoms with Crippen molar-refractivity contribution in [3.05, 3.63) is 36.1 Å². The Morgan fingerprint density at radius 2 is 2.04 bits per heavy atom. The second-order valence-corrected chi connectivity index (χ2v) is 6.76. The molecule has 1 aliphatic rings. The molecule has 130 valence electrons. The van der Waals surface area contributed by atoms with E-state index >= 15 is 0 Å². The normalized spacial score (nSPS) is 17.1. The highest BCUT2D eigenvalue weighted by atomic mass is 16.3. The van der Waals surface area contributed by atoms with Crippen LogP contribution in [-0.4, -0.2) is 29.9 Å². The first-order valence-corrected chi connectivity index (χ1v) is 9.20. The number of likely N-dealkylation sites (N-methyl/N-ethyl adjacent to an activating group) is 1. The number of carbonyl (C=O) groups excluding carboxylic acids is 1. The molecule has 3 rings (SSSR count). The third kappa shape index (κ3) is 3.81. The molecular formula is C20H28N2O2. The lowest BCUT2D eigenvalue weighted by molar-refractivity contribution is -0.133. The standard InChI is InChI=1S/C20H28N2O2/c1-3-22(17-10-5-4-6-11-17)20(23)14-21-15(2)19-13-16-9-7-8-12-18(16)24-19/h7-9,12-13,15,17,21H,3-6,10-11,14H2,1-2H3. The zero-order valence-electron chi connectivity index (χ0n) is 14.8. The fourth-order valence-corrected chi connectivity index (χ4v) is 3.69. The van der Waals surface area contributed by atoms with Crippen molar-refractivity contribution in [3.63, 3.8) is 0 Å². The maximum absolute atomic E-state index is 12.6. The summed E-state index contributed by atoms with van der Waals surface area (Å²) in [7, 11) is 0. The average molecular weight is 328 g/mol. The maximum atomic E-state index is 12.6. The summed E-state index contributed by atoms with van der Waals surface area (Å²) >= 11 is 0. The van der Waals surface area contributed by atoms with Crippen molar-refractivity contribution in [1.29, 1.82) is 0 Å². The minimum Gasteiger partial charge on any atom is -0.459 e. The molecule has 1 amide bonds. The minimum absolute atomic E-state index is 0.0198. The van der Waals surface area contributed by atoms with E-state index in [1.807, 2.05) is 31.2 Å². The van der Waals surface area contributed by atoms with Gasteiger partial charge in [0.25, 0.3) is 0 Å². The molecule has 1 aliphatic carbocycles. The van der Waals surface area contributed by atoms with Crippen LogP contribution in [0.3, 0.4) is 0 Å². The predicted molar refractivity (Wildman–Crippen MR) is 96.9 cm³/mol. The van der Waals surface area contributed by atoms with Gasteiger partial charge in [0.1, 0.15) is 11.3 Å². The fraction of sp³-hybridized carbons (Fsp3) is 0.550. The van der Waals surface area contributed by atoms with Crippen molar-refractivity contribution in [3.8, 4) is 0 Å². The van der Waals surface area contributed by atoms with Crippen LogP contribution in [0.25, 0.3) is 11.0 Å². The van der Waals surface area contributed by atoms with Gasteiger partial charge in [-0.15, -0.1) is 0 Å². The number of nitrogens with zero attached hydrogens (tertiary/aromatic N) is 1. The molecule has 24 heavy (non-hydrogen) atoms. The molecule has 0 spiro atoms. The minimum atomic E-state index is 0.0198. The van der Waals surface area contributed by atoms with E-state index in [0.29, 0.717) is 12.6 Å². The quantitative estimate of drug-likeness (QED) is 0.861. The van der Waals surface area contributed by atoms with Gasteiger partial charge in [0, 0.05) is 18.0 Å². The summed E-state index contributed by atoms with van der Waals surface area (Å²) < 4.78 is 5.88. The Morgan fingerprint density at radius 1 is 1.29 bits per heavy atom. The van der Waals surface area contributed by atoms with Crippen LogP contribution in [0.2, 0.25) is 0 Å². The molecule has 1 heterocycles. The predicted octanol–water partition coefficient (Wildman–Crippen LogP) is 4.26. The Labute approximate surface area is 144 Å². The van der Waals surface area contributed by atoms with Crippen molar-refractivity contribution in [1.82, 2.24) is 10.2 Å². The number of furan rings is 1. The molecule has 1 saturated carbocycles. The van der Waals surface area contributed by atoms with Crippen LogP contribution in [0.4, 0.5) is 0 Å². The number of rotatable bonds is 6. The number of para-hydroxylation sites is 1. The Morgan fingerprint density at radius 3 is 2.75 bits per heavy atom. The molecule has 1 unspecified atom stereocenters. The zero-order valence-corrected chi connectivity index (χ0v) is 14.8. The monoisotopic (exact) mass is 328 g/mol. The second-order valence-electron chi connectivity index (χ2n) is 6.76. The molecule has 1 aromatic heterocycles. The molecule has 0 radical (unpaired) electrons. The maximum Gasteiger partial charge on any atom is 0.236 e. The molecule has 1 aromatic carbocycles. The number of hydrogen-bond acceptors (Lipinski definition) is 3. The SMILES string of the molecule is CCN(C(=O)CNC(C)c1cc2ccccc2o1)C1CCCCC1. The Bertz CT molecular complexity index is 640. The topological polar surface area (TPSA) is 45.5 Å². The van der Waals surface area contributed by atoms with Gasteiger partial charge in [-0.2, -0.15) is 0 Å². The van der Waals surface area contributed by atoms with Gasteiger partial charge in [-0.25, -0.2) is 0 Å². The largest absolute Gasteiger partial charge is 0.459 e. The fourth-order valence-electron chi connectivity index (χ4n) is 3.69. The third-order valence-electron chi connectivity index (χ3n) is 5.11. The number of fused-ring (bicyclic) bond motifs is 1. The molecule has 1 fully saturated rings. The van der Waals surface area contributed by atoms with Crippen molar-refractivity contribution in [2.45, 2.75) is 58.0 Å². The van der Waals surface area contributed by atoms with Gasteiger partial charge in [-0.05, 0) is 38.8 Å². The van der Waals surface area contributed by atoms with Crippen LogP contribution < -0.4 is 5.32 Å². The third-order valence-corrected chi connectivity index (χ3v) is 5.11. The van der Waals surface area contributed by atoms with E-state index in [1.165, 1.54) is 19.3 Å². The molecule has 0 saturated heterocycles. The van der Waals surface area contributed by atoms with Gasteiger partial charge in [0.2, 0.25) is 5.91 Å². The number of amides is 1. The summed E-state index contributed by atoms with van der Waals surface area (Å²) in [4.78, 5) is 14.7. The molecule has 4 heteroatoms. The first-order chi connectivity index (χ1) is 11.7. The highest BCUT2D eigenvalue weighted by Crippen LogP contribution is 2.24. The smallest absolute Gasteiger partial charge is 0.236 e. The van der Waals surface area contributed by atoms with E-state index in [1.54, 1.807) is 0 Å². The molecule has 0 aliphatic heterocycles. The van der Waals surface area contributed by atoms with Crippen molar-refractivity contribution in [2.24, 2.45) is 0 Å². The molecule has 1 N–H and O–H groups in total. The molecular weight excluding hydrogens is 300 g/mol. The van der Waals surface area contributed by atoms with E-state index < -0.39 is 0 Å². The summed E-state index contributed by atoms with van der Waals surface area (Å²) in [6.45, 7) is 5.28. The molecule has 0 bridgehead atoms. The Kier molecular flexibility index (Phi) is 5.56. The van der Waals surface area contributed by atoms with E-state index in [-0.39, 0.29) is 11.9 Å². The van der Waals surface area contributed by atoms with Gasteiger partial charge in [-0.1, -0.05) is 37.5 Å². The van der Waals surface area contributed by atoms with Gasteiger partial charge < -0.3 is 9.32 Å². The van der Waals surface area contributed by atoms with E-state index in [4.69, 9.17) is 4.42 Å². The van der Waals surface area contributed by atoms with Crippen LogP contribution in [0.15, 0.2) is 34.7 Å². The number of nitrogens with one attached hydrogen (secondary N) is 1. The van der Waals surface area contributed by atoms with Crippen LogP contribution in [0, 0.1) is 0 Å². The van der Waals surface area contributed by atoms with Gasteiger partial charge in [0.15, 0.2) is 0 Å². The van der Waals surface area contributed by atoms with Gasteiger partial charge in [0.05, 0.1) is 12.6 Å². The number of benzene rings is 1. The number of hydrogen-bond donors (Lipinski definition) is 1. The van der Waals surface area contributed by atoms with Crippen LogP contribution in [0.5, 0.6) is 0 Å². The Hall–Kier alpha value is -1.81. The first-order valence-electron chi connectivity index (χ1n) is 9.20. The average Bonchev–Trinajstić information content (AvgIpc) is 3.05. The van der Waals surface area contributed by atoms with Crippen LogP contribution >= 0.6 is 0 Å². The summed E-state index contributed by atoms with van der Waals surface area (Å²) in [6, 6.07) is 10.5. The highest BCUT2D eigenvalue weighted by molar-refractivity contribution is 5.79. The van der Waals surface area contributed by atoms with Crippen LogP contribution in [0.1, 0.15) is 57.8 Å². The van der Waals surface area contributed by atoms with Gasteiger partial charge >= 0.3 is 0 Å². The van der Waals surface area contributed by atoms with E-state index in [2.05, 4.69) is 23.2 Å². The van der Waals surface area contributed by atoms with E-state index in [0.717, 1.165) is 36.1 Å². The zero-order chi connectivity index (χ0) is 16.9. The molecule has 4 nitrogen and oxygen atoms in total. The highest BCUT2D eigenvalue weighted by Gasteiger charge is 2.24.